The van der Waals surface area contributed by atoms with E-state index in [4.69, 9.17) is 10.1 Å². The van der Waals surface area contributed by atoms with Crippen LogP contribution in [0.1, 0.15) is 97.3 Å². The molecule has 1 saturated heterocycles. The van der Waals surface area contributed by atoms with Crippen LogP contribution in [0, 0.1) is 11.3 Å². The maximum atomic E-state index is 13.6. The highest BCUT2D eigenvalue weighted by molar-refractivity contribution is 8.93. The fourth-order valence-corrected chi connectivity index (χ4v) is 5.63. The van der Waals surface area contributed by atoms with Crippen LogP contribution in [-0.2, 0) is 15.6 Å². The Balaban J connectivity index is 0.00000507. The summed E-state index contributed by atoms with van der Waals surface area (Å²) in [6, 6.07) is 7.23. The van der Waals surface area contributed by atoms with E-state index in [1.165, 1.54) is 18.4 Å². The van der Waals surface area contributed by atoms with Crippen molar-refractivity contribution >= 4 is 52.0 Å². The Hall–Kier alpha value is -2.45. The van der Waals surface area contributed by atoms with Crippen molar-refractivity contribution in [1.82, 2.24) is 4.90 Å². The maximum absolute atomic E-state index is 13.6. The highest BCUT2D eigenvalue weighted by Crippen LogP contribution is 2.40. The molecule has 1 aromatic carbocycles. The number of phenolic OH excluding ortho intramolecular Hbond substituents is 1. The molecular formula is C30H41BrN2O4S. The van der Waals surface area contributed by atoms with Crippen molar-refractivity contribution in [3.05, 3.63) is 56.3 Å². The number of rotatable bonds is 7. The van der Waals surface area contributed by atoms with Crippen molar-refractivity contribution in [3.63, 3.8) is 0 Å². The lowest BCUT2D eigenvalue weighted by Gasteiger charge is -2.28. The molecule has 6 nitrogen and oxygen atoms in total. The summed E-state index contributed by atoms with van der Waals surface area (Å²) < 4.78 is 4.82. The first-order valence-electron chi connectivity index (χ1n) is 12.8. The third-order valence-electron chi connectivity index (χ3n) is 6.80. The van der Waals surface area contributed by atoms with Crippen molar-refractivity contribution in [1.29, 1.82) is 5.41 Å². The van der Waals surface area contributed by atoms with E-state index in [-0.39, 0.29) is 57.8 Å². The number of nitrogens with one attached hydrogen (secondary N) is 1. The highest BCUT2D eigenvalue weighted by Gasteiger charge is 2.34. The van der Waals surface area contributed by atoms with Crippen LogP contribution in [0.5, 0.6) is 5.75 Å². The van der Waals surface area contributed by atoms with E-state index in [9.17, 15) is 14.7 Å². The second kappa shape index (κ2) is 12.2. The molecule has 2 N–H and O–H groups in total. The topological polar surface area (TPSA) is 90.7 Å². The van der Waals surface area contributed by atoms with Gasteiger partial charge in [0.1, 0.15) is 16.5 Å². The van der Waals surface area contributed by atoms with Crippen LogP contribution >= 0.6 is 28.3 Å². The molecule has 1 fully saturated rings. The van der Waals surface area contributed by atoms with Gasteiger partial charge in [-0.15, -0.1) is 28.3 Å². The lowest BCUT2D eigenvalue weighted by molar-refractivity contribution is 0.0606. The molecule has 1 atom stereocenters. The summed E-state index contributed by atoms with van der Waals surface area (Å²) in [5.41, 5.74) is 2.31. The summed E-state index contributed by atoms with van der Waals surface area (Å²) in [6.07, 6.45) is 3.85. The Bertz CT molecular complexity index is 1200. The van der Waals surface area contributed by atoms with Crippen molar-refractivity contribution in [3.8, 4) is 5.75 Å². The average molecular weight is 606 g/mol. The molecule has 0 spiro atoms. The standard InChI is InChI=1S/C30H40N2O4S.BrH/c1-9-10-18-16-32(27(31)21(18)15-20-11-12-25(37-20)28(35)36-8)17-24(33)19-13-22(29(2,3)4)26(34)23(14-19)30(5,6)7;/h11-15,18,31,34H,9-10,16-17H2,1-8H3;1H/b21-15+,31-27?;. The van der Waals surface area contributed by atoms with E-state index in [0.717, 1.165) is 34.4 Å². The van der Waals surface area contributed by atoms with E-state index in [0.29, 0.717) is 22.8 Å². The van der Waals surface area contributed by atoms with Crippen LogP contribution in [-0.4, -0.2) is 47.8 Å². The van der Waals surface area contributed by atoms with E-state index in [1.807, 2.05) is 70.7 Å². The molecule has 2 aromatic rings. The van der Waals surface area contributed by atoms with E-state index in [2.05, 4.69) is 6.92 Å². The molecule has 0 bridgehead atoms. The van der Waals surface area contributed by atoms with Gasteiger partial charge in [-0.25, -0.2) is 4.79 Å². The minimum atomic E-state index is -0.369. The number of thiophene rings is 1. The Morgan fingerprint density at radius 1 is 1.13 bits per heavy atom. The number of methoxy groups -OCH3 is 1. The van der Waals surface area contributed by atoms with Gasteiger partial charge in [0.05, 0.1) is 13.7 Å². The number of amidine groups is 1. The smallest absolute Gasteiger partial charge is 0.348 e. The minimum absolute atomic E-state index is 0. The van der Waals surface area contributed by atoms with Gasteiger partial charge in [-0.1, -0.05) is 54.9 Å². The predicted molar refractivity (Wildman–Crippen MR) is 161 cm³/mol. The lowest BCUT2D eigenvalue weighted by Crippen LogP contribution is -2.31. The number of likely N-dealkylation sites (tertiary alicyclic amines) is 1. The van der Waals surface area contributed by atoms with Crippen molar-refractivity contribution in [2.45, 2.75) is 72.1 Å². The molecule has 208 valence electrons. The van der Waals surface area contributed by atoms with Crippen molar-refractivity contribution in [2.24, 2.45) is 5.92 Å². The third kappa shape index (κ3) is 6.94. The largest absolute Gasteiger partial charge is 0.507 e. The number of hydrogen-bond donors (Lipinski definition) is 2. The second-order valence-corrected chi connectivity index (χ2v) is 13.0. The van der Waals surface area contributed by atoms with Crippen molar-refractivity contribution < 1.29 is 19.4 Å². The molecular weight excluding hydrogens is 564 g/mol. The molecule has 1 aliphatic heterocycles. The van der Waals surface area contributed by atoms with Crippen LogP contribution < -0.4 is 0 Å². The molecule has 1 aliphatic rings. The molecule has 0 amide bonds. The van der Waals surface area contributed by atoms with Crippen LogP contribution in [0.2, 0.25) is 0 Å². The number of carbonyl (C=O) groups excluding carboxylic acids is 2. The Morgan fingerprint density at radius 2 is 1.71 bits per heavy atom. The number of benzene rings is 1. The summed E-state index contributed by atoms with van der Waals surface area (Å²) >= 11 is 1.34. The third-order valence-corrected chi connectivity index (χ3v) is 7.81. The van der Waals surface area contributed by atoms with Gasteiger partial charge >= 0.3 is 5.97 Å². The first-order chi connectivity index (χ1) is 17.2. The summed E-state index contributed by atoms with van der Waals surface area (Å²) in [5.74, 6) is 0.309. The van der Waals surface area contributed by atoms with Gasteiger partial charge in [0.15, 0.2) is 5.78 Å². The van der Waals surface area contributed by atoms with E-state index in [1.54, 1.807) is 6.07 Å². The molecule has 0 aliphatic carbocycles. The molecule has 1 unspecified atom stereocenters. The lowest BCUT2D eigenvalue weighted by atomic mass is 9.78. The van der Waals surface area contributed by atoms with Gasteiger partial charge < -0.3 is 14.7 Å². The Kier molecular flexibility index (Phi) is 10.2. The normalized spacial score (nSPS) is 17.1. The predicted octanol–water partition coefficient (Wildman–Crippen LogP) is 7.39. The Labute approximate surface area is 241 Å². The number of aromatic hydroxyl groups is 1. The van der Waals surface area contributed by atoms with E-state index < -0.39 is 0 Å². The molecule has 3 rings (SSSR count). The highest BCUT2D eigenvalue weighted by atomic mass is 79.9. The van der Waals surface area contributed by atoms with Crippen molar-refractivity contribution in [2.75, 3.05) is 20.2 Å². The first-order valence-corrected chi connectivity index (χ1v) is 13.6. The summed E-state index contributed by atoms with van der Waals surface area (Å²) in [6.45, 7) is 15.0. The zero-order valence-electron chi connectivity index (χ0n) is 23.7. The fourth-order valence-electron chi connectivity index (χ4n) is 4.75. The molecule has 1 aromatic heterocycles. The van der Waals surface area contributed by atoms with Crippen LogP contribution in [0.15, 0.2) is 29.8 Å². The second-order valence-electron chi connectivity index (χ2n) is 11.9. The number of hydrogen-bond acceptors (Lipinski definition) is 6. The number of halogens is 1. The van der Waals surface area contributed by atoms with Gasteiger partial charge in [0.2, 0.25) is 0 Å². The number of carbonyl (C=O) groups is 2. The molecule has 0 radical (unpaired) electrons. The zero-order chi connectivity index (χ0) is 27.7. The SMILES string of the molecule is Br.CCCC1CN(CC(=O)c2cc(C(C)(C)C)c(O)c(C(C)(C)C)c2)C(=N)/C1=C/c1ccc(C(=O)OC)s1. The number of ketones is 1. The number of Topliss-reactive ketones (excluding diaryl/α,β-unsaturated/α-hetero) is 1. The first kappa shape index (κ1) is 31.8. The quantitative estimate of drug-likeness (QED) is 0.254. The van der Waals surface area contributed by atoms with Gasteiger partial charge in [-0.3, -0.25) is 10.2 Å². The zero-order valence-corrected chi connectivity index (χ0v) is 26.3. The molecule has 38 heavy (non-hydrogen) atoms. The molecule has 8 heteroatoms. The van der Waals surface area contributed by atoms with Gasteiger partial charge in [-0.05, 0) is 47.6 Å². The number of ether oxygens (including phenoxy) is 1. The van der Waals surface area contributed by atoms with Crippen LogP contribution in [0.25, 0.3) is 6.08 Å². The average Bonchev–Trinajstić information content (AvgIpc) is 3.38. The monoisotopic (exact) mass is 604 g/mol. The molecule has 0 saturated carbocycles. The maximum Gasteiger partial charge on any atom is 0.348 e. The van der Waals surface area contributed by atoms with Crippen LogP contribution in [0.4, 0.5) is 0 Å². The number of phenols is 1. The summed E-state index contributed by atoms with van der Waals surface area (Å²) in [5, 5.41) is 19.9. The summed E-state index contributed by atoms with van der Waals surface area (Å²) in [4.78, 5) is 28.7. The van der Waals surface area contributed by atoms with E-state index >= 15 is 0 Å². The van der Waals surface area contributed by atoms with Crippen LogP contribution in [0.3, 0.4) is 0 Å². The Morgan fingerprint density at radius 3 is 2.21 bits per heavy atom. The van der Waals surface area contributed by atoms with Gasteiger partial charge in [-0.2, -0.15) is 0 Å². The summed E-state index contributed by atoms with van der Waals surface area (Å²) in [7, 11) is 1.36. The fraction of sp³-hybridized carbons (Fsp3) is 0.500. The number of esters is 1. The van der Waals surface area contributed by atoms with Gasteiger partial charge in [0.25, 0.3) is 0 Å². The minimum Gasteiger partial charge on any atom is -0.507 e. The number of nitrogens with zero attached hydrogens (tertiary/aromatic N) is 1. The van der Waals surface area contributed by atoms with Gasteiger partial charge in [0, 0.05) is 39.6 Å². The molecule has 2 heterocycles.